The molecule has 8 N–H and O–H groups in total. The zero-order valence-electron chi connectivity index (χ0n) is 16.3. The van der Waals surface area contributed by atoms with Crippen molar-refractivity contribution in [2.75, 3.05) is 13.1 Å². The number of nitrogens with two attached hydrogens (primary N) is 2. The van der Waals surface area contributed by atoms with Gasteiger partial charge in [0, 0.05) is 0 Å². The molecule has 156 valence electrons. The van der Waals surface area contributed by atoms with Gasteiger partial charge in [0.2, 0.25) is 17.7 Å². The first-order valence-corrected chi connectivity index (χ1v) is 9.14. The normalized spacial score (nSPS) is 14.1. The molecule has 27 heavy (non-hydrogen) atoms. The maximum atomic E-state index is 12.2. The molecular weight excluding hydrogens is 354 g/mol. The average molecular weight is 387 g/mol. The molecular formula is C17H33N5O5. The predicted molar refractivity (Wildman–Crippen MR) is 101 cm³/mol. The molecule has 0 aliphatic rings. The first-order valence-electron chi connectivity index (χ1n) is 9.14. The van der Waals surface area contributed by atoms with Crippen molar-refractivity contribution >= 4 is 23.7 Å². The highest BCUT2D eigenvalue weighted by molar-refractivity contribution is 5.92. The summed E-state index contributed by atoms with van der Waals surface area (Å²) < 4.78 is 0. The number of hydrogen-bond donors (Lipinski definition) is 6. The Morgan fingerprint density at radius 1 is 1.00 bits per heavy atom. The molecule has 0 aromatic rings. The van der Waals surface area contributed by atoms with Gasteiger partial charge in [0.15, 0.2) is 0 Å². The van der Waals surface area contributed by atoms with Crippen LogP contribution in [0.4, 0.5) is 0 Å². The van der Waals surface area contributed by atoms with E-state index in [4.69, 9.17) is 16.6 Å². The lowest BCUT2D eigenvalue weighted by atomic mass is 10.0. The van der Waals surface area contributed by atoms with Crippen molar-refractivity contribution in [1.82, 2.24) is 16.0 Å². The highest BCUT2D eigenvalue weighted by Gasteiger charge is 2.25. The first kappa shape index (κ1) is 24.8. The molecule has 0 aliphatic carbocycles. The van der Waals surface area contributed by atoms with Gasteiger partial charge >= 0.3 is 5.97 Å². The highest BCUT2D eigenvalue weighted by Crippen LogP contribution is 2.05. The molecule has 0 fully saturated rings. The molecule has 10 nitrogen and oxygen atoms in total. The lowest BCUT2D eigenvalue weighted by Gasteiger charge is -2.21. The summed E-state index contributed by atoms with van der Waals surface area (Å²) >= 11 is 0. The second-order valence-electron chi connectivity index (χ2n) is 6.93. The zero-order chi connectivity index (χ0) is 21.0. The van der Waals surface area contributed by atoms with Crippen LogP contribution in [-0.2, 0) is 19.2 Å². The predicted octanol–water partition coefficient (Wildman–Crippen LogP) is -1.32. The van der Waals surface area contributed by atoms with Crippen LogP contribution in [0.25, 0.3) is 0 Å². The quantitative estimate of drug-likeness (QED) is 0.212. The fourth-order valence-electron chi connectivity index (χ4n) is 2.26. The Kier molecular flexibility index (Phi) is 12.0. The number of carboxylic acids is 1. The van der Waals surface area contributed by atoms with Crippen molar-refractivity contribution in [1.29, 1.82) is 0 Å². The van der Waals surface area contributed by atoms with Gasteiger partial charge in [0.25, 0.3) is 0 Å². The Hall–Kier alpha value is -2.20. The van der Waals surface area contributed by atoms with Crippen molar-refractivity contribution in [2.24, 2.45) is 17.4 Å². The third kappa shape index (κ3) is 11.2. The van der Waals surface area contributed by atoms with E-state index in [0.29, 0.717) is 19.4 Å². The number of carbonyl (C=O) groups excluding carboxylic acids is 3. The molecule has 0 rings (SSSR count). The maximum Gasteiger partial charge on any atom is 0.325 e. The van der Waals surface area contributed by atoms with Gasteiger partial charge in [0.1, 0.15) is 12.1 Å². The molecule has 0 aromatic carbocycles. The van der Waals surface area contributed by atoms with Crippen LogP contribution in [0.15, 0.2) is 0 Å². The van der Waals surface area contributed by atoms with E-state index in [9.17, 15) is 19.2 Å². The number of aliphatic carboxylic acids is 1. The Morgan fingerprint density at radius 3 is 2.15 bits per heavy atom. The molecule has 0 saturated heterocycles. The van der Waals surface area contributed by atoms with E-state index in [-0.39, 0.29) is 12.5 Å². The third-order valence-electron chi connectivity index (χ3n) is 3.82. The Labute approximate surface area is 159 Å². The molecule has 0 aliphatic heterocycles. The summed E-state index contributed by atoms with van der Waals surface area (Å²) in [6, 6.07) is -2.69. The molecule has 0 radical (unpaired) electrons. The highest BCUT2D eigenvalue weighted by atomic mass is 16.4. The maximum absolute atomic E-state index is 12.2. The van der Waals surface area contributed by atoms with Crippen LogP contribution < -0.4 is 27.4 Å². The lowest BCUT2D eigenvalue weighted by molar-refractivity contribution is -0.141. The van der Waals surface area contributed by atoms with Gasteiger partial charge in [-0.2, -0.15) is 0 Å². The van der Waals surface area contributed by atoms with Crippen LogP contribution in [0.3, 0.4) is 0 Å². The fraction of sp³-hybridized carbons (Fsp3) is 0.765. The van der Waals surface area contributed by atoms with Crippen molar-refractivity contribution < 1.29 is 24.3 Å². The van der Waals surface area contributed by atoms with Gasteiger partial charge < -0.3 is 32.5 Å². The Bertz CT molecular complexity index is 512. The Morgan fingerprint density at radius 2 is 1.63 bits per heavy atom. The molecule has 0 aromatic heterocycles. The third-order valence-corrected chi connectivity index (χ3v) is 3.82. The van der Waals surface area contributed by atoms with Gasteiger partial charge in [-0.15, -0.1) is 0 Å². The van der Waals surface area contributed by atoms with Crippen LogP contribution in [0.1, 0.15) is 46.5 Å². The van der Waals surface area contributed by atoms with Crippen LogP contribution in [-0.4, -0.2) is 60.0 Å². The number of rotatable bonds is 13. The van der Waals surface area contributed by atoms with Gasteiger partial charge in [-0.05, 0) is 38.6 Å². The summed E-state index contributed by atoms with van der Waals surface area (Å²) in [5.74, 6) is -2.68. The van der Waals surface area contributed by atoms with Crippen molar-refractivity contribution in [3.05, 3.63) is 0 Å². The molecule has 0 bridgehead atoms. The lowest BCUT2D eigenvalue weighted by Crippen LogP contribution is -2.53. The van der Waals surface area contributed by atoms with Crippen molar-refractivity contribution in [3.8, 4) is 0 Å². The topological polar surface area (TPSA) is 177 Å². The van der Waals surface area contributed by atoms with Crippen LogP contribution >= 0.6 is 0 Å². The van der Waals surface area contributed by atoms with E-state index in [2.05, 4.69) is 16.0 Å². The van der Waals surface area contributed by atoms with E-state index in [1.54, 1.807) is 0 Å². The number of carboxylic acid groups (broad SMARTS) is 1. The number of nitrogens with one attached hydrogen (secondary N) is 3. The first-order chi connectivity index (χ1) is 12.6. The fourth-order valence-corrected chi connectivity index (χ4v) is 2.26. The standard InChI is InChI=1S/C17H33N5O5/c1-10(2)8-13(16(25)21-11(3)17(26)27)22-14(23)9-20-15(24)12(19)6-4-5-7-18/h10-13H,4-9,18-19H2,1-3H3,(H,20,24)(H,21,25)(H,22,23)(H,26,27). The summed E-state index contributed by atoms with van der Waals surface area (Å²) in [4.78, 5) is 47.0. The number of hydrogen-bond acceptors (Lipinski definition) is 6. The van der Waals surface area contributed by atoms with Crippen LogP contribution in [0, 0.1) is 5.92 Å². The minimum Gasteiger partial charge on any atom is -0.480 e. The summed E-state index contributed by atoms with van der Waals surface area (Å²) in [6.07, 6.45) is 2.28. The molecule has 10 heteroatoms. The van der Waals surface area contributed by atoms with Gasteiger partial charge in [-0.25, -0.2) is 0 Å². The average Bonchev–Trinajstić information content (AvgIpc) is 2.58. The van der Waals surface area contributed by atoms with Crippen molar-refractivity contribution in [2.45, 2.75) is 64.6 Å². The van der Waals surface area contributed by atoms with Gasteiger partial charge in [0.05, 0.1) is 12.6 Å². The minimum absolute atomic E-state index is 0.0896. The SMILES string of the molecule is CC(C)CC(NC(=O)CNC(=O)C(N)CCCCN)C(=O)NC(C)C(=O)O. The van der Waals surface area contributed by atoms with Crippen LogP contribution in [0.5, 0.6) is 0 Å². The number of amides is 3. The summed E-state index contributed by atoms with van der Waals surface area (Å²) in [5, 5.41) is 16.2. The van der Waals surface area contributed by atoms with E-state index in [1.807, 2.05) is 13.8 Å². The van der Waals surface area contributed by atoms with E-state index < -0.39 is 41.8 Å². The van der Waals surface area contributed by atoms with Crippen LogP contribution in [0.2, 0.25) is 0 Å². The molecule has 3 amide bonds. The summed E-state index contributed by atoms with van der Waals surface area (Å²) in [5.41, 5.74) is 11.1. The van der Waals surface area contributed by atoms with Gasteiger partial charge in [-0.3, -0.25) is 19.2 Å². The second kappa shape index (κ2) is 13.0. The van der Waals surface area contributed by atoms with Gasteiger partial charge in [-0.1, -0.05) is 20.3 Å². The number of carbonyl (C=O) groups is 4. The van der Waals surface area contributed by atoms with Crippen molar-refractivity contribution in [3.63, 3.8) is 0 Å². The molecule has 3 atom stereocenters. The zero-order valence-corrected chi connectivity index (χ0v) is 16.3. The second-order valence-corrected chi connectivity index (χ2v) is 6.93. The molecule has 0 heterocycles. The Balaban J connectivity index is 4.57. The largest absolute Gasteiger partial charge is 0.480 e. The summed E-state index contributed by atoms with van der Waals surface area (Å²) in [7, 11) is 0. The minimum atomic E-state index is -1.17. The molecule has 0 spiro atoms. The monoisotopic (exact) mass is 387 g/mol. The molecule has 3 unspecified atom stereocenters. The molecule has 0 saturated carbocycles. The summed E-state index contributed by atoms with van der Waals surface area (Å²) in [6.45, 7) is 5.28. The van der Waals surface area contributed by atoms with E-state index >= 15 is 0 Å². The number of unbranched alkanes of at least 4 members (excludes halogenated alkanes) is 1. The smallest absolute Gasteiger partial charge is 0.325 e. The van der Waals surface area contributed by atoms with E-state index in [1.165, 1.54) is 6.92 Å². The van der Waals surface area contributed by atoms with E-state index in [0.717, 1.165) is 12.8 Å².